The van der Waals surface area contributed by atoms with Crippen LogP contribution in [0.5, 0.6) is 0 Å². The first-order valence-corrected chi connectivity index (χ1v) is 9.25. The molecule has 0 saturated carbocycles. The maximum atomic E-state index is 5.31. The van der Waals surface area contributed by atoms with E-state index in [1.165, 1.54) is 0 Å². The van der Waals surface area contributed by atoms with Gasteiger partial charge in [-0.15, -0.1) is 0 Å². The second-order valence-electron chi connectivity index (χ2n) is 6.12. The first-order chi connectivity index (χ1) is 12.7. The van der Waals surface area contributed by atoms with E-state index in [2.05, 4.69) is 46.1 Å². The Balaban J connectivity index is 1.80. The van der Waals surface area contributed by atoms with Gasteiger partial charge in [-0.2, -0.15) is 10.2 Å². The topological polar surface area (TPSA) is 42.1 Å². The lowest BCUT2D eigenvalue weighted by molar-refractivity contribution is 0.318. The van der Waals surface area contributed by atoms with Crippen molar-refractivity contribution in [2.24, 2.45) is 17.3 Å². The molecule has 0 amide bonds. The Morgan fingerprint density at radius 1 is 1.00 bits per heavy atom. The van der Waals surface area contributed by atoms with Crippen molar-refractivity contribution < 1.29 is 4.74 Å². The number of hydrogen-bond donors (Lipinski definition) is 0. The molecule has 1 aliphatic rings. The fourth-order valence-corrected chi connectivity index (χ4v) is 4.01. The van der Waals surface area contributed by atoms with Crippen molar-refractivity contribution >= 4 is 28.4 Å². The quantitative estimate of drug-likeness (QED) is 0.587. The summed E-state index contributed by atoms with van der Waals surface area (Å²) in [6.45, 7) is 0. The van der Waals surface area contributed by atoms with E-state index < -0.39 is 0 Å². The maximum absolute atomic E-state index is 5.31. The Morgan fingerprint density at radius 3 is 2.46 bits per heavy atom. The number of aryl methyl sites for hydroxylation is 1. The first kappa shape index (κ1) is 16.7. The summed E-state index contributed by atoms with van der Waals surface area (Å²) in [5, 5.41) is 11.2. The highest BCUT2D eigenvalue weighted by molar-refractivity contribution is 8.03. The standard InChI is InChI=1S/C20H20N4OS/c1-23-13-17(25-3)26-20(23)22-21-18-15-11-7-8-12-16(15)24(2)19(18)14-9-5-4-6-10-14/h4-13,20H,1-3H3. The zero-order valence-electron chi connectivity index (χ0n) is 15.0. The highest BCUT2D eigenvalue weighted by Gasteiger charge is 2.24. The van der Waals surface area contributed by atoms with Crippen LogP contribution < -0.4 is 0 Å². The molecule has 2 aromatic carbocycles. The van der Waals surface area contributed by atoms with E-state index in [4.69, 9.17) is 4.74 Å². The fourth-order valence-electron chi connectivity index (χ4n) is 3.16. The minimum Gasteiger partial charge on any atom is -0.489 e. The molecule has 0 fully saturated rings. The Hall–Kier alpha value is -2.73. The predicted molar refractivity (Wildman–Crippen MR) is 107 cm³/mol. The highest BCUT2D eigenvalue weighted by atomic mass is 32.2. The zero-order chi connectivity index (χ0) is 18.1. The number of azo groups is 1. The molecule has 26 heavy (non-hydrogen) atoms. The van der Waals surface area contributed by atoms with Gasteiger partial charge in [0.1, 0.15) is 5.69 Å². The van der Waals surface area contributed by atoms with Gasteiger partial charge in [0.25, 0.3) is 0 Å². The van der Waals surface area contributed by atoms with Gasteiger partial charge >= 0.3 is 0 Å². The van der Waals surface area contributed by atoms with Crippen molar-refractivity contribution in [1.29, 1.82) is 0 Å². The van der Waals surface area contributed by atoms with Crippen molar-refractivity contribution in [3.63, 3.8) is 0 Å². The van der Waals surface area contributed by atoms with Gasteiger partial charge in [-0.05, 0) is 17.8 Å². The van der Waals surface area contributed by atoms with E-state index in [-0.39, 0.29) is 5.50 Å². The van der Waals surface area contributed by atoms with Gasteiger partial charge < -0.3 is 14.2 Å². The molecular weight excluding hydrogens is 344 g/mol. The summed E-state index contributed by atoms with van der Waals surface area (Å²) in [5.74, 6) is 0. The number of thioether (sulfide) groups is 1. The van der Waals surface area contributed by atoms with Crippen molar-refractivity contribution in [1.82, 2.24) is 9.47 Å². The van der Waals surface area contributed by atoms with Gasteiger partial charge in [0, 0.05) is 25.0 Å². The van der Waals surface area contributed by atoms with Crippen LogP contribution >= 0.6 is 11.8 Å². The van der Waals surface area contributed by atoms with Gasteiger partial charge in [0.05, 0.1) is 24.5 Å². The number of nitrogens with zero attached hydrogens (tertiary/aromatic N) is 4. The maximum Gasteiger partial charge on any atom is 0.196 e. The third kappa shape index (κ3) is 2.86. The van der Waals surface area contributed by atoms with Crippen LogP contribution in [0.25, 0.3) is 22.2 Å². The summed E-state index contributed by atoms with van der Waals surface area (Å²) in [6.07, 6.45) is 1.94. The average molecular weight is 364 g/mol. The Kier molecular flexibility index (Phi) is 4.42. The molecule has 4 rings (SSSR count). The second-order valence-corrected chi connectivity index (χ2v) is 7.18. The number of fused-ring (bicyclic) bond motifs is 1. The molecule has 5 nitrogen and oxygen atoms in total. The van der Waals surface area contributed by atoms with Gasteiger partial charge in [0.2, 0.25) is 0 Å². The van der Waals surface area contributed by atoms with Gasteiger partial charge in [-0.1, -0.05) is 48.5 Å². The second kappa shape index (κ2) is 6.88. The van der Waals surface area contributed by atoms with Crippen molar-refractivity contribution in [2.45, 2.75) is 5.50 Å². The third-order valence-electron chi connectivity index (χ3n) is 4.46. The smallest absolute Gasteiger partial charge is 0.196 e. The molecule has 1 aliphatic heterocycles. The molecule has 0 radical (unpaired) electrons. The molecule has 1 unspecified atom stereocenters. The van der Waals surface area contributed by atoms with Crippen molar-refractivity contribution in [3.05, 3.63) is 65.9 Å². The molecule has 3 aromatic rings. The fraction of sp³-hybridized carbons (Fsp3) is 0.200. The lowest BCUT2D eigenvalue weighted by Gasteiger charge is -2.13. The van der Waals surface area contributed by atoms with Crippen molar-refractivity contribution in [2.75, 3.05) is 14.2 Å². The van der Waals surface area contributed by atoms with Gasteiger partial charge in [-0.25, -0.2) is 0 Å². The molecule has 0 spiro atoms. The van der Waals surface area contributed by atoms with E-state index in [0.29, 0.717) is 0 Å². The Bertz CT molecular complexity index is 994. The van der Waals surface area contributed by atoms with Crippen LogP contribution in [0.1, 0.15) is 0 Å². The lowest BCUT2D eigenvalue weighted by Crippen LogP contribution is -2.16. The number of ether oxygens (including phenoxy) is 1. The molecular formula is C20H20N4OS. The van der Waals surface area contributed by atoms with Crippen LogP contribution in [0.4, 0.5) is 5.69 Å². The van der Waals surface area contributed by atoms with E-state index in [1.807, 2.05) is 48.5 Å². The van der Waals surface area contributed by atoms with E-state index in [9.17, 15) is 0 Å². The predicted octanol–water partition coefficient (Wildman–Crippen LogP) is 5.34. The number of hydrogen-bond acceptors (Lipinski definition) is 5. The first-order valence-electron chi connectivity index (χ1n) is 8.37. The van der Waals surface area contributed by atoms with Crippen LogP contribution in [0.2, 0.25) is 0 Å². The highest BCUT2D eigenvalue weighted by Crippen LogP contribution is 2.41. The zero-order valence-corrected chi connectivity index (χ0v) is 15.8. The minimum atomic E-state index is -0.118. The van der Waals surface area contributed by atoms with Crippen LogP contribution in [-0.4, -0.2) is 29.1 Å². The summed E-state index contributed by atoms with van der Waals surface area (Å²) in [6, 6.07) is 18.6. The number of benzene rings is 2. The molecule has 1 aromatic heterocycles. The molecule has 6 heteroatoms. The minimum absolute atomic E-state index is 0.118. The Labute approximate surface area is 157 Å². The molecule has 1 atom stereocenters. The van der Waals surface area contributed by atoms with Crippen LogP contribution in [0.15, 0.2) is 76.1 Å². The average Bonchev–Trinajstić information content (AvgIpc) is 3.18. The van der Waals surface area contributed by atoms with E-state index >= 15 is 0 Å². The van der Waals surface area contributed by atoms with Gasteiger partial charge in [0.15, 0.2) is 10.6 Å². The molecule has 0 bridgehead atoms. The summed E-state index contributed by atoms with van der Waals surface area (Å²) in [5.41, 5.74) is 4.12. The summed E-state index contributed by atoms with van der Waals surface area (Å²) in [4.78, 5) is 2.00. The monoisotopic (exact) mass is 364 g/mol. The van der Waals surface area contributed by atoms with Crippen LogP contribution in [0.3, 0.4) is 0 Å². The van der Waals surface area contributed by atoms with E-state index in [1.54, 1.807) is 18.9 Å². The number of para-hydroxylation sites is 1. The molecule has 132 valence electrons. The summed E-state index contributed by atoms with van der Waals surface area (Å²) in [7, 11) is 5.72. The van der Waals surface area contributed by atoms with E-state index in [0.717, 1.165) is 32.9 Å². The SMILES string of the molecule is COC1=CN(C)C(N=Nc2c(-c3ccccc3)n(C)c3ccccc23)S1. The molecule has 0 N–H and O–H groups in total. The van der Waals surface area contributed by atoms with Crippen molar-refractivity contribution in [3.8, 4) is 11.3 Å². The van der Waals surface area contributed by atoms with Gasteiger partial charge in [-0.3, -0.25) is 0 Å². The normalized spacial score (nSPS) is 17.3. The van der Waals surface area contributed by atoms with Crippen LogP contribution in [0, 0.1) is 0 Å². The largest absolute Gasteiger partial charge is 0.489 e. The number of aromatic nitrogens is 1. The summed E-state index contributed by atoms with van der Waals surface area (Å²) < 4.78 is 7.49. The van der Waals surface area contributed by atoms with Crippen LogP contribution in [-0.2, 0) is 11.8 Å². The number of rotatable bonds is 4. The third-order valence-corrected chi connectivity index (χ3v) is 5.61. The summed E-state index contributed by atoms with van der Waals surface area (Å²) >= 11 is 1.55. The Morgan fingerprint density at radius 2 is 1.73 bits per heavy atom. The molecule has 0 saturated heterocycles. The number of methoxy groups -OCH3 is 1. The molecule has 2 heterocycles. The lowest BCUT2D eigenvalue weighted by atomic mass is 10.1. The molecule has 0 aliphatic carbocycles.